The van der Waals surface area contributed by atoms with Crippen LogP contribution < -0.4 is 4.90 Å². The number of benzene rings is 2. The average molecular weight is 397 g/mol. The molecule has 2 aromatic rings. The van der Waals surface area contributed by atoms with Gasteiger partial charge in [0.15, 0.2) is 0 Å². The molecule has 2 aromatic carbocycles. The van der Waals surface area contributed by atoms with Crippen LogP contribution in [0.5, 0.6) is 0 Å². The molecule has 2 amide bonds. The predicted octanol–water partition coefficient (Wildman–Crippen LogP) is 3.55. The molecular weight excluding hydrogens is 369 g/mol. The second-order valence-corrected chi connectivity index (χ2v) is 7.71. The van der Waals surface area contributed by atoms with Gasteiger partial charge in [-0.3, -0.25) is 9.59 Å². The summed E-state index contributed by atoms with van der Waals surface area (Å²) in [5.74, 6) is -0.227. The summed E-state index contributed by atoms with van der Waals surface area (Å²) in [6.07, 6.45) is 2.52. The SMILES string of the molecule is CN(C)CCN(Cc1ccc(F)cc1)C(=O)c1ccc(N2CCCCC2=O)cc1. The molecule has 1 aliphatic heterocycles. The Morgan fingerprint density at radius 3 is 2.31 bits per heavy atom. The van der Waals surface area contributed by atoms with Gasteiger partial charge in [-0.05, 0) is 68.9 Å². The van der Waals surface area contributed by atoms with Crippen molar-refractivity contribution in [2.75, 3.05) is 38.6 Å². The standard InChI is InChI=1S/C23H28FN3O2/c1-25(2)15-16-26(17-18-6-10-20(24)11-7-18)23(29)19-8-12-21(13-9-19)27-14-4-3-5-22(27)28/h6-13H,3-5,14-17H2,1-2H3. The molecule has 29 heavy (non-hydrogen) atoms. The zero-order chi connectivity index (χ0) is 20.8. The third-order valence-corrected chi connectivity index (χ3v) is 5.14. The minimum atomic E-state index is -0.289. The van der Waals surface area contributed by atoms with Crippen molar-refractivity contribution >= 4 is 17.5 Å². The molecule has 1 heterocycles. The van der Waals surface area contributed by atoms with Crippen molar-refractivity contribution < 1.29 is 14.0 Å². The summed E-state index contributed by atoms with van der Waals surface area (Å²) >= 11 is 0. The van der Waals surface area contributed by atoms with Crippen LogP contribution >= 0.6 is 0 Å². The first-order valence-corrected chi connectivity index (χ1v) is 10.0. The Bertz CT molecular complexity index is 834. The summed E-state index contributed by atoms with van der Waals surface area (Å²) in [5, 5.41) is 0. The molecular formula is C23H28FN3O2. The quantitative estimate of drug-likeness (QED) is 0.718. The second kappa shape index (κ2) is 9.65. The van der Waals surface area contributed by atoms with Gasteiger partial charge in [0.05, 0.1) is 0 Å². The summed E-state index contributed by atoms with van der Waals surface area (Å²) in [6.45, 7) is 2.44. The van der Waals surface area contributed by atoms with Crippen molar-refractivity contribution in [3.05, 3.63) is 65.5 Å². The fourth-order valence-corrected chi connectivity index (χ4v) is 3.43. The highest BCUT2D eigenvalue weighted by Gasteiger charge is 2.21. The minimum Gasteiger partial charge on any atom is -0.333 e. The Balaban J connectivity index is 1.75. The molecule has 0 atom stereocenters. The van der Waals surface area contributed by atoms with E-state index in [0.717, 1.165) is 37.2 Å². The van der Waals surface area contributed by atoms with Crippen LogP contribution in [-0.4, -0.2) is 55.3 Å². The highest BCUT2D eigenvalue weighted by molar-refractivity contribution is 5.97. The van der Waals surface area contributed by atoms with Crippen LogP contribution in [0.2, 0.25) is 0 Å². The van der Waals surface area contributed by atoms with Gasteiger partial charge in [0.2, 0.25) is 5.91 Å². The Kier molecular flexibility index (Phi) is 6.99. The lowest BCUT2D eigenvalue weighted by atomic mass is 10.1. The number of amides is 2. The van der Waals surface area contributed by atoms with Crippen LogP contribution in [0, 0.1) is 5.82 Å². The topological polar surface area (TPSA) is 43.9 Å². The lowest BCUT2D eigenvalue weighted by Gasteiger charge is -2.27. The molecule has 1 saturated heterocycles. The third kappa shape index (κ3) is 5.64. The van der Waals surface area contributed by atoms with E-state index in [2.05, 4.69) is 0 Å². The van der Waals surface area contributed by atoms with Gasteiger partial charge in [0.1, 0.15) is 5.82 Å². The Hall–Kier alpha value is -2.73. The van der Waals surface area contributed by atoms with Gasteiger partial charge in [-0.15, -0.1) is 0 Å². The van der Waals surface area contributed by atoms with Crippen LogP contribution in [-0.2, 0) is 11.3 Å². The monoisotopic (exact) mass is 397 g/mol. The van der Waals surface area contributed by atoms with E-state index in [0.29, 0.717) is 25.1 Å². The van der Waals surface area contributed by atoms with Crippen molar-refractivity contribution in [3.8, 4) is 0 Å². The summed E-state index contributed by atoms with van der Waals surface area (Å²) in [5.41, 5.74) is 2.30. The maximum Gasteiger partial charge on any atom is 0.254 e. The predicted molar refractivity (Wildman–Crippen MR) is 112 cm³/mol. The molecule has 0 radical (unpaired) electrons. The van der Waals surface area contributed by atoms with Gasteiger partial charge in [0.25, 0.3) is 5.91 Å². The van der Waals surface area contributed by atoms with E-state index in [9.17, 15) is 14.0 Å². The molecule has 0 N–H and O–H groups in total. The fourth-order valence-electron chi connectivity index (χ4n) is 3.43. The van der Waals surface area contributed by atoms with E-state index in [1.54, 1.807) is 34.1 Å². The van der Waals surface area contributed by atoms with Gasteiger partial charge >= 0.3 is 0 Å². The highest BCUT2D eigenvalue weighted by Crippen LogP contribution is 2.22. The largest absolute Gasteiger partial charge is 0.333 e. The van der Waals surface area contributed by atoms with Crippen molar-refractivity contribution in [2.24, 2.45) is 0 Å². The van der Waals surface area contributed by atoms with Crippen molar-refractivity contribution in [2.45, 2.75) is 25.8 Å². The van der Waals surface area contributed by atoms with E-state index < -0.39 is 0 Å². The van der Waals surface area contributed by atoms with Crippen LogP contribution in [0.15, 0.2) is 48.5 Å². The molecule has 5 nitrogen and oxygen atoms in total. The number of hydrogen-bond acceptors (Lipinski definition) is 3. The summed E-state index contributed by atoms with van der Waals surface area (Å²) in [6, 6.07) is 13.5. The molecule has 0 aromatic heterocycles. The lowest BCUT2D eigenvalue weighted by molar-refractivity contribution is -0.119. The maximum atomic E-state index is 13.2. The Labute approximate surface area is 171 Å². The first-order valence-electron chi connectivity index (χ1n) is 10.0. The fraction of sp³-hybridized carbons (Fsp3) is 0.391. The van der Waals surface area contributed by atoms with Gasteiger partial charge in [0, 0.05) is 43.9 Å². The second-order valence-electron chi connectivity index (χ2n) is 7.71. The number of hydrogen-bond donors (Lipinski definition) is 0. The van der Waals surface area contributed by atoms with E-state index >= 15 is 0 Å². The number of carbonyl (C=O) groups is 2. The Morgan fingerprint density at radius 2 is 1.69 bits per heavy atom. The van der Waals surface area contributed by atoms with Crippen LogP contribution in [0.1, 0.15) is 35.2 Å². The number of piperidine rings is 1. The highest BCUT2D eigenvalue weighted by atomic mass is 19.1. The van der Waals surface area contributed by atoms with Crippen molar-refractivity contribution in [3.63, 3.8) is 0 Å². The molecule has 0 spiro atoms. The molecule has 0 unspecified atom stereocenters. The van der Waals surface area contributed by atoms with Gasteiger partial charge in [-0.1, -0.05) is 12.1 Å². The van der Waals surface area contributed by atoms with Crippen LogP contribution in [0.25, 0.3) is 0 Å². The number of anilines is 1. The van der Waals surface area contributed by atoms with E-state index in [1.807, 2.05) is 31.1 Å². The van der Waals surface area contributed by atoms with Gasteiger partial charge in [-0.25, -0.2) is 4.39 Å². The van der Waals surface area contributed by atoms with Gasteiger partial charge in [-0.2, -0.15) is 0 Å². The third-order valence-electron chi connectivity index (χ3n) is 5.14. The smallest absolute Gasteiger partial charge is 0.254 e. The molecule has 0 saturated carbocycles. The van der Waals surface area contributed by atoms with Gasteiger partial charge < -0.3 is 14.7 Å². The number of halogens is 1. The number of rotatable bonds is 7. The van der Waals surface area contributed by atoms with Crippen LogP contribution in [0.4, 0.5) is 10.1 Å². The average Bonchev–Trinajstić information content (AvgIpc) is 2.72. The minimum absolute atomic E-state index is 0.0762. The lowest BCUT2D eigenvalue weighted by Crippen LogP contribution is -2.36. The van der Waals surface area contributed by atoms with E-state index in [4.69, 9.17) is 0 Å². The zero-order valence-corrected chi connectivity index (χ0v) is 17.1. The summed E-state index contributed by atoms with van der Waals surface area (Å²) in [7, 11) is 3.93. The molecule has 3 rings (SSSR count). The zero-order valence-electron chi connectivity index (χ0n) is 17.1. The number of nitrogens with zero attached hydrogens (tertiary/aromatic N) is 3. The van der Waals surface area contributed by atoms with E-state index in [-0.39, 0.29) is 17.6 Å². The molecule has 6 heteroatoms. The normalized spacial score (nSPS) is 14.3. The van der Waals surface area contributed by atoms with Crippen LogP contribution in [0.3, 0.4) is 0 Å². The maximum absolute atomic E-state index is 13.2. The first kappa shape index (κ1) is 21.0. The van der Waals surface area contributed by atoms with Crippen molar-refractivity contribution in [1.82, 2.24) is 9.80 Å². The summed E-state index contributed by atoms with van der Waals surface area (Å²) in [4.78, 5) is 30.8. The first-order chi connectivity index (χ1) is 13.9. The molecule has 154 valence electrons. The number of carbonyl (C=O) groups excluding carboxylic acids is 2. The number of likely N-dealkylation sites (N-methyl/N-ethyl adjacent to an activating group) is 1. The molecule has 1 aliphatic rings. The van der Waals surface area contributed by atoms with E-state index in [1.165, 1.54) is 12.1 Å². The van der Waals surface area contributed by atoms with Crippen molar-refractivity contribution in [1.29, 1.82) is 0 Å². The molecule has 0 aliphatic carbocycles. The Morgan fingerprint density at radius 1 is 1.00 bits per heavy atom. The molecule has 0 bridgehead atoms. The summed E-state index contributed by atoms with van der Waals surface area (Å²) < 4.78 is 13.2. The molecule has 1 fully saturated rings.